The molecule has 0 aliphatic heterocycles. The molecule has 0 fully saturated rings. The second kappa shape index (κ2) is 6.30. The van der Waals surface area contributed by atoms with Gasteiger partial charge in [0, 0.05) is 21.3 Å². The highest BCUT2D eigenvalue weighted by Crippen LogP contribution is 2.34. The van der Waals surface area contributed by atoms with Gasteiger partial charge in [-0.25, -0.2) is 0 Å². The highest BCUT2D eigenvalue weighted by Gasteiger charge is 2.12. The topological polar surface area (TPSA) is 40.2 Å². The van der Waals surface area contributed by atoms with E-state index in [4.69, 9.17) is 10.5 Å². The van der Waals surface area contributed by atoms with Gasteiger partial charge < -0.3 is 10.5 Å². The van der Waals surface area contributed by atoms with Crippen LogP contribution < -0.4 is 10.5 Å². The van der Waals surface area contributed by atoms with E-state index in [1.165, 1.54) is 5.39 Å². The molecule has 0 aliphatic carbocycles. The summed E-state index contributed by atoms with van der Waals surface area (Å²) < 4.78 is 9.08. The van der Waals surface area contributed by atoms with Gasteiger partial charge in [0.2, 0.25) is 0 Å². The molecule has 1 heterocycles. The Bertz CT molecular complexity index is 1110. The number of allylic oxidation sites excluding steroid dienone is 1. The van der Waals surface area contributed by atoms with Crippen LogP contribution in [0.2, 0.25) is 0 Å². The van der Waals surface area contributed by atoms with Crippen molar-refractivity contribution in [2.45, 2.75) is 6.92 Å². The molecule has 2 N–H and O–H groups in total. The van der Waals surface area contributed by atoms with E-state index >= 15 is 0 Å². The molecule has 124 valence electrons. The van der Waals surface area contributed by atoms with Crippen LogP contribution >= 0.6 is 15.9 Å². The minimum atomic E-state index is 0.700. The molecular formula is C21H17BrN2O. The van der Waals surface area contributed by atoms with Gasteiger partial charge in [0.15, 0.2) is 0 Å². The van der Waals surface area contributed by atoms with Gasteiger partial charge in [-0.05, 0) is 49.4 Å². The van der Waals surface area contributed by atoms with E-state index in [0.717, 1.165) is 32.4 Å². The third-order valence-corrected chi connectivity index (χ3v) is 4.72. The van der Waals surface area contributed by atoms with Gasteiger partial charge in [0.1, 0.15) is 17.3 Å². The lowest BCUT2D eigenvalue weighted by Gasteiger charge is -2.09. The lowest BCUT2D eigenvalue weighted by atomic mass is 10.1. The summed E-state index contributed by atoms with van der Waals surface area (Å²) in [5, 5.41) is 2.33. The fourth-order valence-electron chi connectivity index (χ4n) is 3.09. The number of para-hydroxylation sites is 1. The van der Waals surface area contributed by atoms with E-state index in [0.29, 0.717) is 5.82 Å². The van der Waals surface area contributed by atoms with Crippen molar-refractivity contribution in [1.29, 1.82) is 0 Å². The molecule has 25 heavy (non-hydrogen) atoms. The molecule has 0 saturated heterocycles. The van der Waals surface area contributed by atoms with Gasteiger partial charge in [-0.2, -0.15) is 0 Å². The lowest BCUT2D eigenvalue weighted by molar-refractivity contribution is 0.483. The van der Waals surface area contributed by atoms with Crippen LogP contribution in [0.5, 0.6) is 11.5 Å². The smallest absolute Gasteiger partial charge is 0.129 e. The highest BCUT2D eigenvalue weighted by molar-refractivity contribution is 9.10. The van der Waals surface area contributed by atoms with E-state index in [1.54, 1.807) is 0 Å². The van der Waals surface area contributed by atoms with Crippen molar-refractivity contribution in [1.82, 2.24) is 4.57 Å². The number of fused-ring (bicyclic) bond motifs is 3. The monoisotopic (exact) mass is 392 g/mol. The highest BCUT2D eigenvalue weighted by atomic mass is 79.9. The first-order valence-electron chi connectivity index (χ1n) is 8.06. The molecule has 0 bridgehead atoms. The molecule has 0 aliphatic rings. The van der Waals surface area contributed by atoms with Gasteiger partial charge in [0.05, 0.1) is 11.0 Å². The molecule has 3 aromatic carbocycles. The van der Waals surface area contributed by atoms with Crippen molar-refractivity contribution in [2.24, 2.45) is 5.73 Å². The Hall–Kier alpha value is -2.72. The number of halogens is 1. The van der Waals surface area contributed by atoms with Crippen molar-refractivity contribution in [3.05, 3.63) is 77.3 Å². The number of nitrogens with two attached hydrogens (primary N) is 1. The third kappa shape index (κ3) is 2.79. The maximum atomic E-state index is 6.27. The van der Waals surface area contributed by atoms with Gasteiger partial charge >= 0.3 is 0 Å². The summed E-state index contributed by atoms with van der Waals surface area (Å²) in [5.74, 6) is 2.26. The molecular weight excluding hydrogens is 376 g/mol. The summed E-state index contributed by atoms with van der Waals surface area (Å²) >= 11 is 3.47. The van der Waals surface area contributed by atoms with Crippen LogP contribution in [0, 0.1) is 0 Å². The van der Waals surface area contributed by atoms with Crippen LogP contribution in [-0.4, -0.2) is 4.57 Å². The Morgan fingerprint density at radius 2 is 1.68 bits per heavy atom. The third-order valence-electron chi connectivity index (χ3n) is 4.23. The van der Waals surface area contributed by atoms with Crippen LogP contribution in [-0.2, 0) is 0 Å². The summed E-state index contributed by atoms with van der Waals surface area (Å²) in [4.78, 5) is 0. The van der Waals surface area contributed by atoms with Crippen LogP contribution in [0.15, 0.2) is 77.3 Å². The summed E-state index contributed by atoms with van der Waals surface area (Å²) in [6, 6.07) is 22.2. The Morgan fingerprint density at radius 3 is 2.48 bits per heavy atom. The van der Waals surface area contributed by atoms with E-state index in [9.17, 15) is 0 Å². The average Bonchev–Trinajstić information content (AvgIpc) is 2.95. The number of benzene rings is 3. The number of hydrogen-bond donors (Lipinski definition) is 1. The molecule has 0 saturated carbocycles. The zero-order valence-electron chi connectivity index (χ0n) is 13.7. The van der Waals surface area contributed by atoms with Crippen LogP contribution in [0.25, 0.3) is 27.6 Å². The Kier molecular flexibility index (Phi) is 3.98. The van der Waals surface area contributed by atoms with Crippen LogP contribution in [0.3, 0.4) is 0 Å². The SMILES string of the molecule is C/C=C(\N)n1c2ccccc2c2ccc(Oc3cccc(Br)c3)cc21. The molecule has 4 rings (SSSR count). The maximum Gasteiger partial charge on any atom is 0.129 e. The Balaban J connectivity index is 1.91. The minimum Gasteiger partial charge on any atom is -0.457 e. The van der Waals surface area contributed by atoms with Crippen molar-refractivity contribution in [3.63, 3.8) is 0 Å². The second-order valence-corrected chi connectivity index (χ2v) is 6.72. The molecule has 0 spiro atoms. The first-order valence-corrected chi connectivity index (χ1v) is 8.85. The second-order valence-electron chi connectivity index (χ2n) is 5.80. The fourth-order valence-corrected chi connectivity index (χ4v) is 3.47. The number of hydrogen-bond acceptors (Lipinski definition) is 2. The number of nitrogens with zero attached hydrogens (tertiary/aromatic N) is 1. The fraction of sp³-hybridized carbons (Fsp3) is 0.0476. The molecule has 0 atom stereocenters. The van der Waals surface area contributed by atoms with Crippen molar-refractivity contribution in [3.8, 4) is 11.5 Å². The first-order chi connectivity index (χ1) is 12.2. The molecule has 0 radical (unpaired) electrons. The molecule has 4 aromatic rings. The molecule has 4 heteroatoms. The zero-order valence-corrected chi connectivity index (χ0v) is 15.3. The predicted octanol–water partition coefficient (Wildman–Crippen LogP) is 6.13. The van der Waals surface area contributed by atoms with Crippen molar-refractivity contribution < 1.29 is 4.74 Å². The normalized spacial score (nSPS) is 12.0. The van der Waals surface area contributed by atoms with E-state index in [2.05, 4.69) is 38.7 Å². The average molecular weight is 393 g/mol. The minimum absolute atomic E-state index is 0.700. The van der Waals surface area contributed by atoms with Crippen LogP contribution in [0.1, 0.15) is 6.92 Å². The van der Waals surface area contributed by atoms with Crippen LogP contribution in [0.4, 0.5) is 0 Å². The summed E-state index contributed by atoms with van der Waals surface area (Å²) in [7, 11) is 0. The van der Waals surface area contributed by atoms with E-state index < -0.39 is 0 Å². The van der Waals surface area contributed by atoms with E-state index in [1.807, 2.05) is 61.5 Å². The predicted molar refractivity (Wildman–Crippen MR) is 108 cm³/mol. The summed E-state index contributed by atoms with van der Waals surface area (Å²) in [6.45, 7) is 1.94. The quantitative estimate of drug-likeness (QED) is 0.455. The van der Waals surface area contributed by atoms with E-state index in [-0.39, 0.29) is 0 Å². The standard InChI is InChI=1S/C21H17BrN2O/c1-2-21(23)24-19-9-4-3-8-17(19)18-11-10-16(13-20(18)24)25-15-7-5-6-14(22)12-15/h2-13H,23H2,1H3/b21-2+. The molecule has 0 amide bonds. The molecule has 1 aromatic heterocycles. The number of ether oxygens (including phenoxy) is 1. The summed E-state index contributed by atoms with van der Waals surface area (Å²) in [5.41, 5.74) is 8.39. The maximum absolute atomic E-state index is 6.27. The Labute approximate surface area is 154 Å². The number of aromatic nitrogens is 1. The molecule has 0 unspecified atom stereocenters. The van der Waals surface area contributed by atoms with Gasteiger partial charge in [-0.15, -0.1) is 0 Å². The largest absolute Gasteiger partial charge is 0.457 e. The molecule has 3 nitrogen and oxygen atoms in total. The van der Waals surface area contributed by atoms with Gasteiger partial charge in [-0.1, -0.05) is 40.2 Å². The summed E-state index contributed by atoms with van der Waals surface area (Å²) in [6.07, 6.45) is 1.91. The first kappa shape index (κ1) is 15.8. The van der Waals surface area contributed by atoms with Gasteiger partial charge in [0.25, 0.3) is 0 Å². The zero-order chi connectivity index (χ0) is 17.4. The number of rotatable bonds is 3. The van der Waals surface area contributed by atoms with Crippen molar-refractivity contribution >= 4 is 43.6 Å². The van der Waals surface area contributed by atoms with Crippen molar-refractivity contribution in [2.75, 3.05) is 0 Å². The Morgan fingerprint density at radius 1 is 0.920 bits per heavy atom. The lowest BCUT2D eigenvalue weighted by Crippen LogP contribution is -2.05. The van der Waals surface area contributed by atoms with Gasteiger partial charge in [-0.3, -0.25) is 4.57 Å².